The van der Waals surface area contributed by atoms with Crippen molar-refractivity contribution in [3.05, 3.63) is 98.7 Å². The summed E-state index contributed by atoms with van der Waals surface area (Å²) < 4.78 is 218. The van der Waals surface area contributed by atoms with Crippen LogP contribution in [0.3, 0.4) is 0 Å². The van der Waals surface area contributed by atoms with E-state index >= 15 is 8.78 Å². The van der Waals surface area contributed by atoms with Crippen molar-refractivity contribution in [3.8, 4) is 23.0 Å². The molecule has 7 rings (SSSR count). The number of aromatic nitrogens is 5. The number of fused-ring (bicyclic) bond motifs is 4. The molecule has 3 aromatic heterocycles. The highest BCUT2D eigenvalue weighted by molar-refractivity contribution is 7.92. The first-order valence-electron chi connectivity index (χ1n) is 24.5. The van der Waals surface area contributed by atoms with E-state index in [9.17, 15) is 80.8 Å². The molecule has 2 aliphatic rings. The van der Waals surface area contributed by atoms with Crippen LogP contribution in [0.2, 0.25) is 5.02 Å². The Labute approximate surface area is 481 Å². The zero-order valence-electron chi connectivity index (χ0n) is 44.6. The first-order chi connectivity index (χ1) is 39.0. The van der Waals surface area contributed by atoms with Gasteiger partial charge in [-0.2, -0.15) is 45.3 Å². The summed E-state index contributed by atoms with van der Waals surface area (Å²) in [5, 5.41) is 18.3. The number of thiol groups is 1. The molecule has 462 valence electrons. The number of ether oxygens (including phenoxy) is 1. The fourth-order valence-corrected chi connectivity index (χ4v) is 10.7. The Morgan fingerprint density at radius 3 is 2.19 bits per heavy atom. The predicted molar refractivity (Wildman–Crippen MR) is 276 cm³/mol. The van der Waals surface area contributed by atoms with Crippen LogP contribution in [-0.2, 0) is 87.1 Å². The van der Waals surface area contributed by atoms with Gasteiger partial charge in [0.05, 0.1) is 34.5 Å². The maximum absolute atomic E-state index is 15.7. The minimum Gasteiger partial charge on any atom is -0.480 e. The van der Waals surface area contributed by atoms with Crippen molar-refractivity contribution in [3.63, 3.8) is 0 Å². The number of carboxylic acids is 1. The number of benzene rings is 2. The minimum absolute atomic E-state index is 0.126. The Morgan fingerprint density at radius 2 is 1.61 bits per heavy atom. The van der Waals surface area contributed by atoms with Gasteiger partial charge in [0.2, 0.25) is 29.5 Å². The van der Waals surface area contributed by atoms with Crippen molar-refractivity contribution in [2.75, 3.05) is 26.1 Å². The number of carbonyl (C=O) groups is 4. The molecule has 3 amide bonds. The third-order valence-corrected chi connectivity index (χ3v) is 16.9. The topological polar surface area (TPSA) is 300 Å². The Balaban J connectivity index is 1.37. The van der Waals surface area contributed by atoms with E-state index in [0.717, 1.165) is 42.7 Å². The van der Waals surface area contributed by atoms with Crippen LogP contribution < -0.4 is 5.32 Å². The normalized spacial score (nSPS) is 16.3. The second kappa shape index (κ2) is 23.8. The van der Waals surface area contributed by atoms with E-state index < -0.39 is 207 Å². The molecule has 36 heteroatoms. The first kappa shape index (κ1) is 65.6. The van der Waals surface area contributed by atoms with Crippen LogP contribution in [0, 0.1) is 34.8 Å². The molecule has 22 nitrogen and oxygen atoms in total. The molecule has 2 aromatic carbocycles. The number of alkyl halides is 8. The number of amides is 3. The van der Waals surface area contributed by atoms with E-state index in [1.807, 2.05) is 0 Å². The summed E-state index contributed by atoms with van der Waals surface area (Å²) >= 11 is 6.70. The number of pyridine rings is 1. The molecule has 1 fully saturated rings. The van der Waals surface area contributed by atoms with Gasteiger partial charge in [-0.05, 0) is 79.8 Å². The van der Waals surface area contributed by atoms with Crippen LogP contribution in [0.5, 0.6) is 0 Å². The second-order valence-corrected chi connectivity index (χ2v) is 26.2. The summed E-state index contributed by atoms with van der Waals surface area (Å²) in [5.74, 6) is -8.31. The molecule has 0 aliphatic heterocycles. The van der Waals surface area contributed by atoms with Crippen molar-refractivity contribution in [2.45, 2.75) is 102 Å². The predicted octanol–water partition coefficient (Wildman–Crippen LogP) is 7.15. The molecule has 1 unspecified atom stereocenters. The minimum atomic E-state index is -5.26. The third kappa shape index (κ3) is 15.4. The van der Waals surface area contributed by atoms with E-state index in [4.69, 9.17) is 21.4 Å². The molecular formula is C49H48ClF10N8O14PS2. The molecule has 5 aromatic rings. The van der Waals surface area contributed by atoms with Crippen LogP contribution in [0.4, 0.5) is 48.7 Å². The Kier molecular flexibility index (Phi) is 18.4. The smallest absolute Gasteiger partial charge is 0.472 e. The lowest BCUT2D eigenvalue weighted by molar-refractivity contribution is -0.143. The summed E-state index contributed by atoms with van der Waals surface area (Å²) in [6.45, 7) is -2.85. The summed E-state index contributed by atoms with van der Waals surface area (Å²) in [6.07, 6.45) is -13.1. The average molecular weight is 1290 g/mol. The number of phosphoric ester groups is 1. The molecule has 0 spiro atoms. The fourth-order valence-electron chi connectivity index (χ4n) is 9.50. The average Bonchev–Trinajstić information content (AvgIpc) is 1.76. The lowest BCUT2D eigenvalue weighted by atomic mass is 9.88. The fraction of sp³-hybridized carbons (Fsp3) is 0.449. The number of aliphatic carboxylic acids is 1. The molecule has 3 heterocycles. The number of carboxylic acid groups (broad SMARTS) is 1. The maximum Gasteiger partial charge on any atom is 0.472 e. The van der Waals surface area contributed by atoms with Gasteiger partial charge in [-0.3, -0.25) is 28.6 Å². The van der Waals surface area contributed by atoms with Crippen LogP contribution >= 0.6 is 19.4 Å². The van der Waals surface area contributed by atoms with E-state index in [0.29, 0.717) is 15.6 Å². The number of carbonyl (C=O) groups excluding carboxylic acids is 3. The van der Waals surface area contributed by atoms with Crippen LogP contribution in [0.1, 0.15) is 92.1 Å². The van der Waals surface area contributed by atoms with Gasteiger partial charge in [0.1, 0.15) is 47.4 Å². The van der Waals surface area contributed by atoms with Crippen LogP contribution in [0.15, 0.2) is 42.5 Å². The zero-order chi connectivity index (χ0) is 63.5. The monoisotopic (exact) mass is 1290 g/mol. The molecule has 85 heavy (non-hydrogen) atoms. The SMILES string of the molecule is CC(C)(CC(=O)N(Cc1nn(CC(F)(F)F)c2c(-c3ccc(C#CC(C)(C)S(C)(=O)=O)nc3C(Cc3cc(F)cc(F)c3)NC(=O)Cn3nc(C(F)(F)F)c4c3C(F)(F)[C@@H]3C[C@H]43)ccc(Cl)c12)[SH](=O)=O)CN(CC(=O)O)C(=O)OCOP(=O)(O)O. The summed E-state index contributed by atoms with van der Waals surface area (Å²) in [7, 11) is -13.2. The van der Waals surface area contributed by atoms with E-state index in [2.05, 4.69) is 41.6 Å². The van der Waals surface area contributed by atoms with Gasteiger partial charge in [-0.25, -0.2) is 48.8 Å². The van der Waals surface area contributed by atoms with Gasteiger partial charge in [-0.1, -0.05) is 37.4 Å². The molecule has 4 N–H and O–H groups in total. The number of halogens is 11. The quantitative estimate of drug-likeness (QED) is 0.0160. The molecule has 3 atom stereocenters. The largest absolute Gasteiger partial charge is 0.480 e. The molecule has 2 aliphatic carbocycles. The van der Waals surface area contributed by atoms with Crippen molar-refractivity contribution in [1.82, 2.24) is 39.1 Å². The number of nitrogens with one attached hydrogen (secondary N) is 1. The Bertz CT molecular complexity index is 3810. The van der Waals surface area contributed by atoms with Crippen molar-refractivity contribution in [1.29, 1.82) is 0 Å². The van der Waals surface area contributed by atoms with Gasteiger partial charge in [0.15, 0.2) is 15.5 Å². The number of sulfone groups is 1. The van der Waals surface area contributed by atoms with Gasteiger partial charge < -0.3 is 24.9 Å². The molecule has 0 saturated heterocycles. The second-order valence-electron chi connectivity index (χ2n) is 21.1. The van der Waals surface area contributed by atoms with Crippen LogP contribution in [-0.4, -0.2) is 126 Å². The lowest BCUT2D eigenvalue weighted by Gasteiger charge is -2.31. The Morgan fingerprint density at radius 1 is 0.976 bits per heavy atom. The summed E-state index contributed by atoms with van der Waals surface area (Å²) in [4.78, 5) is 75.5. The molecular weight excluding hydrogens is 1250 g/mol. The highest BCUT2D eigenvalue weighted by atomic mass is 35.5. The standard InChI is InChI=1S/C49H48ClF10N8O14PS2/c1-45(2,21-65(20-37(71)72)44(73)81-23-82-83(74,75)76)17-36(70)68(84(77)78)18-34-39-32(50)9-8-29(41(39)67(63-34)22-47(53,54)55)28-7-6-27(10-11-46(3,4)85(5,79)80)61-40(28)33(14-24-12-25(51)15-26(52)13-24)62-35(69)19-66-43-38(42(64-66)49(58,59)60)30-16-31(30)48(43,56)57/h6-9,12-13,15,30-31,33,84H,14,16-23H2,1-5H3,(H,62,69)(H,71,72)(H2,74,75,76)/t30-,31+,33?/m0/s1. The van der Waals surface area contributed by atoms with Gasteiger partial charge >= 0.3 is 32.2 Å². The lowest BCUT2D eigenvalue weighted by Crippen LogP contribution is -2.44. The van der Waals surface area contributed by atoms with Crippen molar-refractivity contribution in [2.24, 2.45) is 11.3 Å². The van der Waals surface area contributed by atoms with Crippen molar-refractivity contribution < 1.29 is 109 Å². The van der Waals surface area contributed by atoms with Crippen LogP contribution in [0.25, 0.3) is 22.0 Å². The number of phosphoric acid groups is 1. The van der Waals surface area contributed by atoms with E-state index in [1.165, 1.54) is 27.7 Å². The number of rotatable bonds is 21. The summed E-state index contributed by atoms with van der Waals surface area (Å²) in [6, 6.07) is 4.56. The molecule has 0 bridgehead atoms. The third-order valence-electron chi connectivity index (χ3n) is 13.4. The maximum atomic E-state index is 15.7. The zero-order valence-corrected chi connectivity index (χ0v) is 47.9. The number of hydrogen-bond acceptors (Lipinski definition) is 14. The van der Waals surface area contributed by atoms with Gasteiger partial charge in [0, 0.05) is 53.3 Å². The molecule has 1 saturated carbocycles. The van der Waals surface area contributed by atoms with E-state index in [1.54, 1.807) is 0 Å². The highest BCUT2D eigenvalue weighted by Gasteiger charge is 2.68. The Hall–Kier alpha value is -6.89. The van der Waals surface area contributed by atoms with Crippen molar-refractivity contribution >= 4 is 74.9 Å². The van der Waals surface area contributed by atoms with Gasteiger partial charge in [0.25, 0.3) is 5.92 Å². The molecule has 0 radical (unpaired) electrons. The first-order valence-corrected chi connectivity index (χ1v) is 29.5. The highest BCUT2D eigenvalue weighted by Crippen LogP contribution is 2.68. The van der Waals surface area contributed by atoms with Gasteiger partial charge in [-0.15, -0.1) is 0 Å². The summed E-state index contributed by atoms with van der Waals surface area (Å²) in [5.41, 5.74) is -8.37. The van der Waals surface area contributed by atoms with E-state index in [-0.39, 0.29) is 37.8 Å². The number of nitrogens with zero attached hydrogens (tertiary/aromatic N) is 7. The number of hydrogen-bond donors (Lipinski definition) is 5.